The summed E-state index contributed by atoms with van der Waals surface area (Å²) in [6.45, 7) is 9.34. The molecule has 0 radical (unpaired) electrons. The van der Waals surface area contributed by atoms with E-state index in [1.165, 1.54) is 71.1 Å². The summed E-state index contributed by atoms with van der Waals surface area (Å²) in [5.41, 5.74) is 0.480. The molecule has 3 heterocycles. The molecule has 3 heteroatoms. The summed E-state index contributed by atoms with van der Waals surface area (Å²) in [5.74, 6) is 0.490. The molecule has 112 valence electrons. The van der Waals surface area contributed by atoms with E-state index in [1.54, 1.807) is 4.90 Å². The number of nitrogens with one attached hydrogen (secondary N) is 2. The van der Waals surface area contributed by atoms with Crippen molar-refractivity contribution in [2.45, 2.75) is 70.4 Å². The van der Waals surface area contributed by atoms with Gasteiger partial charge in [-0.05, 0) is 32.9 Å². The Hall–Kier alpha value is -0.120. The molecule has 0 saturated carbocycles. The van der Waals surface area contributed by atoms with E-state index in [-0.39, 0.29) is 6.10 Å². The van der Waals surface area contributed by atoms with Gasteiger partial charge in [-0.2, -0.15) is 0 Å². The van der Waals surface area contributed by atoms with Gasteiger partial charge < -0.3 is 15.3 Å². The highest BCUT2D eigenvalue weighted by Crippen LogP contribution is 2.33. The van der Waals surface area contributed by atoms with Gasteiger partial charge in [-0.3, -0.25) is 0 Å². The Kier molecular flexibility index (Phi) is 5.67. The maximum atomic E-state index is 9.58. The molecular weight excluding hydrogens is 236 g/mol. The molecule has 3 N–H and O–H groups in total. The van der Waals surface area contributed by atoms with Gasteiger partial charge in [-0.1, -0.05) is 19.8 Å². The van der Waals surface area contributed by atoms with Crippen LogP contribution in [0.4, 0.5) is 0 Å². The highest BCUT2D eigenvalue weighted by molar-refractivity contribution is 4.94. The largest absolute Gasteiger partial charge is 0.393 e. The van der Waals surface area contributed by atoms with Crippen LogP contribution in [0.1, 0.15) is 58.8 Å². The van der Waals surface area contributed by atoms with Crippen LogP contribution >= 0.6 is 0 Å². The van der Waals surface area contributed by atoms with Gasteiger partial charge in [0.2, 0.25) is 0 Å². The zero-order valence-corrected chi connectivity index (χ0v) is 12.9. The lowest BCUT2D eigenvalue weighted by Crippen LogP contribution is -3.25. The fourth-order valence-corrected chi connectivity index (χ4v) is 4.13. The summed E-state index contributed by atoms with van der Waals surface area (Å²) in [7, 11) is 0. The molecule has 3 saturated heterocycles. The lowest BCUT2D eigenvalue weighted by molar-refractivity contribution is -0.988. The molecule has 0 aromatic heterocycles. The Bertz CT molecular complexity index is 250. The number of aliphatic hydroxyl groups excluding tert-OH is 1. The molecule has 0 aromatic carbocycles. The van der Waals surface area contributed by atoms with Crippen molar-refractivity contribution in [3.63, 3.8) is 0 Å². The Morgan fingerprint density at radius 1 is 0.947 bits per heavy atom. The predicted octanol–water partition coefficient (Wildman–Crippen LogP) is 0.975. The van der Waals surface area contributed by atoms with Crippen LogP contribution in [0.2, 0.25) is 0 Å². The van der Waals surface area contributed by atoms with E-state index in [9.17, 15) is 5.11 Å². The maximum Gasteiger partial charge on any atom is 0.108 e. The Morgan fingerprint density at radius 2 is 1.63 bits per heavy atom. The summed E-state index contributed by atoms with van der Waals surface area (Å²) in [5, 5.41) is 12.9. The molecule has 19 heavy (non-hydrogen) atoms. The number of rotatable bonds is 2. The van der Waals surface area contributed by atoms with E-state index in [0.717, 1.165) is 0 Å². The Balaban J connectivity index is 0.000000163. The molecule has 0 bridgehead atoms. The zero-order chi connectivity index (χ0) is 13.7. The fraction of sp³-hybridized carbons (Fsp3) is 1.00. The van der Waals surface area contributed by atoms with Crippen LogP contribution in [0.25, 0.3) is 0 Å². The van der Waals surface area contributed by atoms with E-state index in [0.29, 0.717) is 11.5 Å². The molecule has 3 aliphatic heterocycles. The van der Waals surface area contributed by atoms with E-state index >= 15 is 0 Å². The molecule has 3 nitrogen and oxygen atoms in total. The van der Waals surface area contributed by atoms with Crippen LogP contribution in [0.3, 0.4) is 0 Å². The predicted molar refractivity (Wildman–Crippen MR) is 79.5 cm³/mol. The van der Waals surface area contributed by atoms with Gasteiger partial charge in [0.1, 0.15) is 5.54 Å². The van der Waals surface area contributed by atoms with E-state index < -0.39 is 0 Å². The van der Waals surface area contributed by atoms with Crippen molar-refractivity contribution in [3.05, 3.63) is 0 Å². The minimum atomic E-state index is -0.126. The summed E-state index contributed by atoms with van der Waals surface area (Å²) in [6.07, 6.45) is 9.58. The third-order valence-corrected chi connectivity index (χ3v) is 5.73. The lowest BCUT2D eigenvalue weighted by atomic mass is 9.72. The number of hydrogen-bond donors (Lipinski definition) is 3. The first-order valence-corrected chi connectivity index (χ1v) is 8.41. The minimum absolute atomic E-state index is 0.126. The molecule has 3 fully saturated rings. The smallest absolute Gasteiger partial charge is 0.108 e. The normalized spacial score (nSPS) is 37.1. The van der Waals surface area contributed by atoms with Gasteiger partial charge in [-0.15, -0.1) is 0 Å². The molecule has 3 aliphatic rings. The average molecular weight is 269 g/mol. The van der Waals surface area contributed by atoms with E-state index in [1.807, 2.05) is 6.92 Å². The number of hydrogen-bond acceptors (Lipinski definition) is 2. The minimum Gasteiger partial charge on any atom is -0.393 e. The van der Waals surface area contributed by atoms with Crippen molar-refractivity contribution in [3.8, 4) is 0 Å². The third kappa shape index (κ3) is 3.50. The van der Waals surface area contributed by atoms with Crippen LogP contribution in [0, 0.1) is 5.92 Å². The molecule has 4 atom stereocenters. The molecule has 0 aliphatic carbocycles. The summed E-state index contributed by atoms with van der Waals surface area (Å²) < 4.78 is 0. The first-order chi connectivity index (χ1) is 9.17. The van der Waals surface area contributed by atoms with Gasteiger partial charge in [-0.25, -0.2) is 0 Å². The van der Waals surface area contributed by atoms with Crippen molar-refractivity contribution in [2.24, 2.45) is 5.92 Å². The van der Waals surface area contributed by atoms with Crippen LogP contribution in [-0.2, 0) is 0 Å². The molecular formula is C16H33N2O+. The van der Waals surface area contributed by atoms with E-state index in [4.69, 9.17) is 0 Å². The molecule has 0 spiro atoms. The lowest BCUT2D eigenvalue weighted by Gasteiger charge is -2.49. The topological polar surface area (TPSA) is 36.7 Å². The summed E-state index contributed by atoms with van der Waals surface area (Å²) >= 11 is 0. The van der Waals surface area contributed by atoms with Crippen LogP contribution < -0.4 is 10.2 Å². The first kappa shape index (κ1) is 15.3. The average Bonchev–Trinajstić information content (AvgIpc) is 2.63. The number of quaternary nitrogens is 1. The molecule has 3 rings (SSSR count). The van der Waals surface area contributed by atoms with Gasteiger partial charge in [0.25, 0.3) is 0 Å². The molecule has 4 unspecified atom stereocenters. The van der Waals surface area contributed by atoms with Crippen LogP contribution in [-0.4, -0.2) is 42.9 Å². The van der Waals surface area contributed by atoms with Gasteiger partial charge in [0, 0.05) is 18.8 Å². The molecule has 0 aromatic rings. The second kappa shape index (κ2) is 7.05. The van der Waals surface area contributed by atoms with Crippen molar-refractivity contribution < 1.29 is 10.0 Å². The standard InChI is InChI=1S/C10H19NO.C6H13N/c1-8(9(2)12)10-4-3-6-11(10)7-5-10;1-2-4-6-7-5-3-1/h8-9,12H,3-7H2,1-2H3;7H,1-6H2/p+1. The molecule has 0 amide bonds. The highest BCUT2D eigenvalue weighted by Gasteiger charge is 2.56. The van der Waals surface area contributed by atoms with Crippen LogP contribution in [0.5, 0.6) is 0 Å². The van der Waals surface area contributed by atoms with Gasteiger partial charge >= 0.3 is 0 Å². The van der Waals surface area contributed by atoms with Crippen LogP contribution in [0.15, 0.2) is 0 Å². The first-order valence-electron chi connectivity index (χ1n) is 8.41. The van der Waals surface area contributed by atoms with Crippen molar-refractivity contribution in [2.75, 3.05) is 26.2 Å². The Morgan fingerprint density at radius 3 is 2.11 bits per heavy atom. The third-order valence-electron chi connectivity index (χ3n) is 5.73. The highest BCUT2D eigenvalue weighted by atomic mass is 16.3. The Labute approximate surface area is 118 Å². The summed E-state index contributed by atoms with van der Waals surface area (Å²) in [4.78, 5) is 1.76. The van der Waals surface area contributed by atoms with Gasteiger partial charge in [0.15, 0.2) is 0 Å². The van der Waals surface area contributed by atoms with Crippen molar-refractivity contribution >= 4 is 0 Å². The monoisotopic (exact) mass is 269 g/mol. The maximum absolute atomic E-state index is 9.58. The SMILES string of the molecule is C1CCCNCC1.CC(O)C(C)C12CCC[NH+]1CC2. The second-order valence-electron chi connectivity index (χ2n) is 6.81. The quantitative estimate of drug-likeness (QED) is 0.699. The summed E-state index contributed by atoms with van der Waals surface area (Å²) in [6, 6.07) is 0. The van der Waals surface area contributed by atoms with Gasteiger partial charge in [0.05, 0.1) is 25.6 Å². The van der Waals surface area contributed by atoms with Crippen molar-refractivity contribution in [1.29, 1.82) is 0 Å². The fourth-order valence-electron chi connectivity index (χ4n) is 4.13. The zero-order valence-electron chi connectivity index (χ0n) is 12.9. The second-order valence-corrected chi connectivity index (χ2v) is 6.81. The number of aliphatic hydroxyl groups is 1. The van der Waals surface area contributed by atoms with Crippen molar-refractivity contribution in [1.82, 2.24) is 5.32 Å². The van der Waals surface area contributed by atoms with E-state index in [2.05, 4.69) is 12.2 Å². The number of fused-ring (bicyclic) bond motifs is 1.